The van der Waals surface area contributed by atoms with E-state index in [1.54, 1.807) is 0 Å². The third-order valence-corrected chi connectivity index (χ3v) is 3.66. The number of nitrogens with two attached hydrogens (primary N) is 2. The first-order valence-corrected chi connectivity index (χ1v) is 6.82. The summed E-state index contributed by atoms with van der Waals surface area (Å²) < 4.78 is 5.37. The molecule has 1 saturated heterocycles. The summed E-state index contributed by atoms with van der Waals surface area (Å²) in [7, 11) is 0. The average Bonchev–Trinajstić information content (AvgIpc) is 2.51. The van der Waals surface area contributed by atoms with E-state index >= 15 is 0 Å². The van der Waals surface area contributed by atoms with Crippen LogP contribution in [0.1, 0.15) is 0 Å². The standard InChI is InChI=1S/C16H19N3O/c17-15-6-3-13(11-16(15)18)12-1-4-14(5-2-12)19-7-9-20-10-8-19/h1-6,11H,7-10,17-18H2. The van der Waals surface area contributed by atoms with Crippen molar-refractivity contribution >= 4 is 17.1 Å². The van der Waals surface area contributed by atoms with E-state index in [0.717, 1.165) is 37.4 Å². The Labute approximate surface area is 118 Å². The summed E-state index contributed by atoms with van der Waals surface area (Å²) >= 11 is 0. The number of rotatable bonds is 2. The van der Waals surface area contributed by atoms with Crippen LogP contribution in [-0.2, 0) is 4.74 Å². The maximum atomic E-state index is 5.86. The van der Waals surface area contributed by atoms with Gasteiger partial charge in [0.15, 0.2) is 0 Å². The van der Waals surface area contributed by atoms with Crippen LogP contribution in [0.4, 0.5) is 17.1 Å². The van der Waals surface area contributed by atoms with Gasteiger partial charge in [-0.05, 0) is 35.4 Å². The van der Waals surface area contributed by atoms with Crippen molar-refractivity contribution in [2.45, 2.75) is 0 Å². The Bertz CT molecular complexity index is 589. The molecule has 0 amide bonds. The van der Waals surface area contributed by atoms with Crippen molar-refractivity contribution in [2.24, 2.45) is 0 Å². The average molecular weight is 269 g/mol. The summed E-state index contributed by atoms with van der Waals surface area (Å²) in [5.74, 6) is 0. The van der Waals surface area contributed by atoms with Gasteiger partial charge in [0, 0.05) is 18.8 Å². The van der Waals surface area contributed by atoms with Crippen LogP contribution in [0.2, 0.25) is 0 Å². The van der Waals surface area contributed by atoms with E-state index in [-0.39, 0.29) is 0 Å². The lowest BCUT2D eigenvalue weighted by molar-refractivity contribution is 0.122. The molecule has 1 heterocycles. The molecule has 0 spiro atoms. The molecule has 0 radical (unpaired) electrons. The smallest absolute Gasteiger partial charge is 0.0642 e. The molecule has 4 heteroatoms. The quantitative estimate of drug-likeness (QED) is 0.821. The van der Waals surface area contributed by atoms with E-state index in [1.165, 1.54) is 5.69 Å². The second-order valence-electron chi connectivity index (χ2n) is 4.99. The lowest BCUT2D eigenvalue weighted by atomic mass is 10.0. The maximum Gasteiger partial charge on any atom is 0.0642 e. The third-order valence-electron chi connectivity index (χ3n) is 3.66. The van der Waals surface area contributed by atoms with Crippen LogP contribution < -0.4 is 16.4 Å². The van der Waals surface area contributed by atoms with Crippen LogP contribution in [0.3, 0.4) is 0 Å². The highest BCUT2D eigenvalue weighted by Crippen LogP contribution is 2.27. The zero-order chi connectivity index (χ0) is 13.9. The van der Waals surface area contributed by atoms with Crippen molar-refractivity contribution in [1.82, 2.24) is 0 Å². The highest BCUT2D eigenvalue weighted by atomic mass is 16.5. The number of hydrogen-bond donors (Lipinski definition) is 2. The fourth-order valence-electron chi connectivity index (χ4n) is 2.44. The van der Waals surface area contributed by atoms with E-state index in [0.29, 0.717) is 11.4 Å². The van der Waals surface area contributed by atoms with E-state index < -0.39 is 0 Å². The van der Waals surface area contributed by atoms with E-state index in [1.807, 2.05) is 18.2 Å². The fraction of sp³-hybridized carbons (Fsp3) is 0.250. The first kappa shape index (κ1) is 12.8. The number of nitrogens with zero attached hydrogens (tertiary/aromatic N) is 1. The molecule has 3 rings (SSSR count). The minimum atomic E-state index is 0.624. The van der Waals surface area contributed by atoms with Crippen LogP contribution in [-0.4, -0.2) is 26.3 Å². The lowest BCUT2D eigenvalue weighted by Gasteiger charge is -2.28. The highest BCUT2D eigenvalue weighted by molar-refractivity contribution is 5.75. The predicted molar refractivity (Wildman–Crippen MR) is 83.7 cm³/mol. The molecule has 1 aliphatic rings. The van der Waals surface area contributed by atoms with Gasteiger partial charge in [-0.3, -0.25) is 0 Å². The van der Waals surface area contributed by atoms with Gasteiger partial charge in [0.05, 0.1) is 24.6 Å². The van der Waals surface area contributed by atoms with Crippen LogP contribution in [0.15, 0.2) is 42.5 Å². The SMILES string of the molecule is Nc1ccc(-c2ccc(N3CCOCC3)cc2)cc1N. The predicted octanol–water partition coefficient (Wildman–Crippen LogP) is 2.35. The molecule has 0 unspecified atom stereocenters. The Morgan fingerprint density at radius 3 is 2.10 bits per heavy atom. The van der Waals surface area contributed by atoms with Gasteiger partial charge in [-0.25, -0.2) is 0 Å². The largest absolute Gasteiger partial charge is 0.397 e. The van der Waals surface area contributed by atoms with Crippen LogP contribution >= 0.6 is 0 Å². The first-order valence-electron chi connectivity index (χ1n) is 6.82. The summed E-state index contributed by atoms with van der Waals surface area (Å²) in [6.07, 6.45) is 0. The normalized spacial score (nSPS) is 15.3. The molecule has 4 N–H and O–H groups in total. The Morgan fingerprint density at radius 1 is 0.800 bits per heavy atom. The molecule has 104 valence electrons. The van der Waals surface area contributed by atoms with Gasteiger partial charge in [-0.2, -0.15) is 0 Å². The summed E-state index contributed by atoms with van der Waals surface area (Å²) in [4.78, 5) is 2.34. The van der Waals surface area contributed by atoms with E-state index in [9.17, 15) is 0 Å². The Morgan fingerprint density at radius 2 is 1.45 bits per heavy atom. The third kappa shape index (κ3) is 2.56. The summed E-state index contributed by atoms with van der Waals surface area (Å²) in [5, 5.41) is 0. The van der Waals surface area contributed by atoms with Crippen LogP contribution in [0.5, 0.6) is 0 Å². The number of benzene rings is 2. The molecule has 20 heavy (non-hydrogen) atoms. The zero-order valence-electron chi connectivity index (χ0n) is 11.4. The molecular weight excluding hydrogens is 250 g/mol. The van der Waals surface area contributed by atoms with Crippen molar-refractivity contribution in [2.75, 3.05) is 42.7 Å². The number of anilines is 3. The molecule has 1 aliphatic heterocycles. The van der Waals surface area contributed by atoms with Crippen LogP contribution in [0, 0.1) is 0 Å². The van der Waals surface area contributed by atoms with Gasteiger partial charge >= 0.3 is 0 Å². The number of ether oxygens (including phenoxy) is 1. The molecule has 0 aromatic heterocycles. The lowest BCUT2D eigenvalue weighted by Crippen LogP contribution is -2.36. The maximum absolute atomic E-state index is 5.86. The van der Waals surface area contributed by atoms with Gasteiger partial charge in [0.25, 0.3) is 0 Å². The van der Waals surface area contributed by atoms with Gasteiger partial charge in [0.2, 0.25) is 0 Å². The van der Waals surface area contributed by atoms with Gasteiger partial charge in [-0.1, -0.05) is 18.2 Å². The van der Waals surface area contributed by atoms with Gasteiger partial charge in [0.1, 0.15) is 0 Å². The topological polar surface area (TPSA) is 64.5 Å². The monoisotopic (exact) mass is 269 g/mol. The summed E-state index contributed by atoms with van der Waals surface area (Å²) in [6, 6.07) is 14.3. The Balaban J connectivity index is 1.83. The van der Waals surface area contributed by atoms with Crippen molar-refractivity contribution in [3.05, 3.63) is 42.5 Å². The molecule has 4 nitrogen and oxygen atoms in total. The Hall–Kier alpha value is -2.20. The molecule has 0 bridgehead atoms. The van der Waals surface area contributed by atoms with Crippen LogP contribution in [0.25, 0.3) is 11.1 Å². The van der Waals surface area contributed by atoms with Gasteiger partial charge in [-0.15, -0.1) is 0 Å². The fourth-order valence-corrected chi connectivity index (χ4v) is 2.44. The van der Waals surface area contributed by atoms with Crippen molar-refractivity contribution < 1.29 is 4.74 Å². The van der Waals surface area contributed by atoms with Gasteiger partial charge < -0.3 is 21.1 Å². The molecular formula is C16H19N3O. The van der Waals surface area contributed by atoms with E-state index in [4.69, 9.17) is 16.2 Å². The molecule has 0 aliphatic carbocycles. The Kier molecular flexibility index (Phi) is 3.48. The molecule has 2 aromatic carbocycles. The number of morpholine rings is 1. The van der Waals surface area contributed by atoms with Crippen molar-refractivity contribution in [3.8, 4) is 11.1 Å². The minimum Gasteiger partial charge on any atom is -0.397 e. The first-order chi connectivity index (χ1) is 9.74. The van der Waals surface area contributed by atoms with Crippen molar-refractivity contribution in [1.29, 1.82) is 0 Å². The molecule has 0 saturated carbocycles. The molecule has 0 atom stereocenters. The minimum absolute atomic E-state index is 0.624. The zero-order valence-corrected chi connectivity index (χ0v) is 11.4. The molecule has 1 fully saturated rings. The summed E-state index contributed by atoms with van der Waals surface area (Å²) in [5.41, 5.74) is 16.3. The highest BCUT2D eigenvalue weighted by Gasteiger charge is 2.11. The molecule has 2 aromatic rings. The second-order valence-corrected chi connectivity index (χ2v) is 4.99. The summed E-state index contributed by atoms with van der Waals surface area (Å²) in [6.45, 7) is 3.51. The number of nitrogen functional groups attached to an aromatic ring is 2. The second kappa shape index (κ2) is 5.43. The van der Waals surface area contributed by atoms with Crippen molar-refractivity contribution in [3.63, 3.8) is 0 Å². The number of hydrogen-bond acceptors (Lipinski definition) is 4. The van der Waals surface area contributed by atoms with E-state index in [2.05, 4.69) is 29.2 Å².